The lowest BCUT2D eigenvalue weighted by molar-refractivity contribution is -0.648. The Bertz CT molecular complexity index is 1270. The van der Waals surface area contributed by atoms with Crippen molar-refractivity contribution in [2.75, 3.05) is 0 Å². The minimum atomic E-state index is 0.741. The van der Waals surface area contributed by atoms with Crippen molar-refractivity contribution < 1.29 is 4.57 Å². The molecule has 1 aliphatic heterocycles. The molecular formula is C19H13N6+. The molecule has 0 saturated carbocycles. The molecule has 0 aliphatic carbocycles. The van der Waals surface area contributed by atoms with Gasteiger partial charge in [-0.1, -0.05) is 18.2 Å². The molecule has 0 amide bonds. The van der Waals surface area contributed by atoms with E-state index in [-0.39, 0.29) is 0 Å². The van der Waals surface area contributed by atoms with Crippen molar-refractivity contribution in [3.63, 3.8) is 0 Å². The summed E-state index contributed by atoms with van der Waals surface area (Å²) in [6, 6.07) is 16.4. The number of pyridine rings is 1. The molecular weight excluding hydrogens is 312 g/mol. The summed E-state index contributed by atoms with van der Waals surface area (Å²) in [5.74, 6) is 1.12. The number of hydrogen-bond acceptors (Lipinski definition) is 3. The average molecular weight is 325 g/mol. The normalized spacial score (nSPS) is 12.6. The van der Waals surface area contributed by atoms with Gasteiger partial charge in [-0.15, -0.1) is 0 Å². The first kappa shape index (κ1) is 12.8. The van der Waals surface area contributed by atoms with E-state index in [2.05, 4.69) is 49.4 Å². The number of imidazole rings is 2. The standard InChI is InChI=1S/C19H13N6/c1-2-5-13(6-3-1)25-17-19(24-12-20-10-8-16(24)22-17)23-11-15-14(18(23)25)7-4-9-21-15/h1-10,12H,11H2/q+1. The van der Waals surface area contributed by atoms with Crippen LogP contribution in [0.15, 0.2) is 67.3 Å². The van der Waals surface area contributed by atoms with Crippen molar-refractivity contribution in [2.45, 2.75) is 6.54 Å². The lowest BCUT2D eigenvalue weighted by Gasteiger charge is -2.02. The average Bonchev–Trinajstić information content (AvgIpc) is 3.29. The highest BCUT2D eigenvalue weighted by Gasteiger charge is 2.36. The van der Waals surface area contributed by atoms with E-state index in [1.165, 1.54) is 0 Å². The molecule has 0 N–H and O–H groups in total. The highest BCUT2D eigenvalue weighted by molar-refractivity contribution is 5.78. The summed E-state index contributed by atoms with van der Waals surface area (Å²) in [5.41, 5.74) is 6.20. The molecule has 0 radical (unpaired) electrons. The summed E-state index contributed by atoms with van der Waals surface area (Å²) in [7, 11) is 0. The van der Waals surface area contributed by atoms with Crippen LogP contribution in [0.4, 0.5) is 0 Å². The molecule has 1 aliphatic rings. The third-order valence-electron chi connectivity index (χ3n) is 4.78. The minimum Gasteiger partial charge on any atom is -0.257 e. The van der Waals surface area contributed by atoms with Gasteiger partial charge in [0, 0.05) is 18.5 Å². The molecule has 25 heavy (non-hydrogen) atoms. The molecule has 0 bridgehead atoms. The molecule has 0 atom stereocenters. The van der Waals surface area contributed by atoms with Crippen LogP contribution in [0.3, 0.4) is 0 Å². The van der Waals surface area contributed by atoms with E-state index < -0.39 is 0 Å². The van der Waals surface area contributed by atoms with Crippen LogP contribution in [0.25, 0.3) is 34.0 Å². The first-order valence-electron chi connectivity index (χ1n) is 8.18. The highest BCUT2D eigenvalue weighted by Crippen LogP contribution is 2.32. The highest BCUT2D eigenvalue weighted by atomic mass is 15.3. The number of aromatic nitrogens is 6. The quantitative estimate of drug-likeness (QED) is 0.436. The van der Waals surface area contributed by atoms with Crippen LogP contribution in [0.1, 0.15) is 5.69 Å². The van der Waals surface area contributed by atoms with Gasteiger partial charge in [-0.3, -0.25) is 4.98 Å². The Balaban J connectivity index is 1.83. The number of para-hydroxylation sites is 1. The van der Waals surface area contributed by atoms with E-state index >= 15 is 0 Å². The summed E-state index contributed by atoms with van der Waals surface area (Å²) in [6.45, 7) is 0.741. The minimum absolute atomic E-state index is 0.741. The van der Waals surface area contributed by atoms with Gasteiger partial charge in [0.15, 0.2) is 6.33 Å². The van der Waals surface area contributed by atoms with Crippen LogP contribution in [0.2, 0.25) is 0 Å². The number of hydrogen-bond donors (Lipinski definition) is 0. The van der Waals surface area contributed by atoms with Crippen molar-refractivity contribution in [3.8, 4) is 17.1 Å². The fraction of sp³-hybridized carbons (Fsp3) is 0.0526. The second-order valence-electron chi connectivity index (χ2n) is 6.15. The van der Waals surface area contributed by atoms with E-state index in [4.69, 9.17) is 4.98 Å². The maximum absolute atomic E-state index is 4.87. The van der Waals surface area contributed by atoms with Crippen LogP contribution < -0.4 is 4.57 Å². The van der Waals surface area contributed by atoms with Crippen molar-refractivity contribution in [2.24, 2.45) is 0 Å². The van der Waals surface area contributed by atoms with E-state index in [1.54, 1.807) is 6.20 Å². The molecule has 118 valence electrons. The molecule has 4 aromatic heterocycles. The Hall–Kier alpha value is -3.54. The van der Waals surface area contributed by atoms with Crippen molar-refractivity contribution >= 4 is 16.9 Å². The Kier molecular flexibility index (Phi) is 2.31. The third-order valence-corrected chi connectivity index (χ3v) is 4.78. The summed E-state index contributed by atoms with van der Waals surface area (Å²) >= 11 is 0. The van der Waals surface area contributed by atoms with Gasteiger partial charge in [0.2, 0.25) is 11.5 Å². The van der Waals surface area contributed by atoms with Crippen LogP contribution in [-0.4, -0.2) is 23.9 Å². The Labute approximate surface area is 142 Å². The molecule has 5 aromatic rings. The fourth-order valence-electron chi connectivity index (χ4n) is 3.75. The second-order valence-corrected chi connectivity index (χ2v) is 6.15. The molecule has 0 spiro atoms. The van der Waals surface area contributed by atoms with Gasteiger partial charge >= 0.3 is 0 Å². The Morgan fingerprint density at radius 2 is 1.88 bits per heavy atom. The Morgan fingerprint density at radius 1 is 0.960 bits per heavy atom. The zero-order valence-electron chi connectivity index (χ0n) is 13.2. The summed E-state index contributed by atoms with van der Waals surface area (Å²) in [6.07, 6.45) is 5.45. The van der Waals surface area contributed by atoms with Crippen LogP contribution in [0, 0.1) is 0 Å². The summed E-state index contributed by atoms with van der Waals surface area (Å²) in [4.78, 5) is 13.7. The van der Waals surface area contributed by atoms with Crippen LogP contribution in [-0.2, 0) is 6.54 Å². The molecule has 6 rings (SSSR count). The zero-order valence-corrected chi connectivity index (χ0v) is 13.2. The molecule has 6 nitrogen and oxygen atoms in total. The predicted octanol–water partition coefficient (Wildman–Crippen LogP) is 2.38. The molecule has 0 unspecified atom stereocenters. The predicted molar refractivity (Wildman–Crippen MR) is 92.3 cm³/mol. The van der Waals surface area contributed by atoms with E-state index in [9.17, 15) is 0 Å². The Morgan fingerprint density at radius 3 is 2.80 bits per heavy atom. The van der Waals surface area contributed by atoms with Crippen LogP contribution in [0.5, 0.6) is 0 Å². The summed E-state index contributed by atoms with van der Waals surface area (Å²) < 4.78 is 6.54. The van der Waals surface area contributed by atoms with Gasteiger partial charge in [-0.2, -0.15) is 9.38 Å². The van der Waals surface area contributed by atoms with Crippen molar-refractivity contribution in [1.82, 2.24) is 23.9 Å². The van der Waals surface area contributed by atoms with Gasteiger partial charge in [0.25, 0.3) is 11.3 Å². The number of rotatable bonds is 1. The van der Waals surface area contributed by atoms with Gasteiger partial charge in [0.05, 0.1) is 11.3 Å². The molecule has 6 heteroatoms. The van der Waals surface area contributed by atoms with Crippen molar-refractivity contribution in [3.05, 3.63) is 72.9 Å². The van der Waals surface area contributed by atoms with E-state index in [0.717, 1.165) is 46.3 Å². The maximum Gasteiger partial charge on any atom is 0.297 e. The number of fused-ring (bicyclic) bond motifs is 7. The fourth-order valence-corrected chi connectivity index (χ4v) is 3.75. The number of benzene rings is 1. The molecule has 1 aromatic carbocycles. The SMILES string of the molecule is c1ccc(-n2c3[n+](c4c2nc2ccncn24)Cc2ncccc2-3)cc1. The molecule has 5 heterocycles. The lowest BCUT2D eigenvalue weighted by atomic mass is 10.2. The molecule has 0 fully saturated rings. The largest absolute Gasteiger partial charge is 0.297 e. The van der Waals surface area contributed by atoms with Crippen molar-refractivity contribution in [1.29, 1.82) is 0 Å². The third kappa shape index (κ3) is 1.58. The van der Waals surface area contributed by atoms with Crippen LogP contribution >= 0.6 is 0 Å². The second kappa shape index (κ2) is 4.51. The monoisotopic (exact) mass is 325 g/mol. The number of nitrogens with zero attached hydrogens (tertiary/aromatic N) is 6. The van der Waals surface area contributed by atoms with E-state index in [0.29, 0.717) is 0 Å². The van der Waals surface area contributed by atoms with Gasteiger partial charge < -0.3 is 0 Å². The maximum atomic E-state index is 4.87. The molecule has 0 saturated heterocycles. The zero-order chi connectivity index (χ0) is 16.4. The lowest BCUT2D eigenvalue weighted by Crippen LogP contribution is -2.32. The van der Waals surface area contributed by atoms with E-state index in [1.807, 2.05) is 35.1 Å². The smallest absolute Gasteiger partial charge is 0.257 e. The topological polar surface area (TPSA) is 51.9 Å². The van der Waals surface area contributed by atoms with Gasteiger partial charge in [-0.25, -0.2) is 14.1 Å². The van der Waals surface area contributed by atoms with Gasteiger partial charge in [0.1, 0.15) is 12.2 Å². The first-order valence-corrected chi connectivity index (χ1v) is 8.18. The summed E-state index contributed by atoms with van der Waals surface area (Å²) in [5, 5.41) is 0. The first-order chi connectivity index (χ1) is 12.4. The van der Waals surface area contributed by atoms with Gasteiger partial charge in [-0.05, 0) is 24.3 Å².